The second-order valence-corrected chi connectivity index (χ2v) is 2.77. The number of hydrogen-bond donors (Lipinski definition) is 3. The van der Waals surface area contributed by atoms with E-state index in [4.69, 9.17) is 5.73 Å². The van der Waals surface area contributed by atoms with Gasteiger partial charge >= 0.3 is 0 Å². The molecule has 2 aromatic rings. The molecule has 2 rings (SSSR count). The Bertz CT molecular complexity index is 379. The molecular weight excluding hydrogens is 180 g/mol. The number of nitrogen functional groups attached to an aromatic ring is 1. The van der Waals surface area contributed by atoms with Crippen molar-refractivity contribution in [3.05, 3.63) is 30.6 Å². The summed E-state index contributed by atoms with van der Waals surface area (Å²) in [5.74, 6) is 0.550. The number of nitrogens with one attached hydrogen (secondary N) is 2. The minimum absolute atomic E-state index is 0.550. The third-order valence-electron chi connectivity index (χ3n) is 1.66. The van der Waals surface area contributed by atoms with Gasteiger partial charge in [-0.3, -0.25) is 0 Å². The van der Waals surface area contributed by atoms with Crippen molar-refractivity contribution in [2.24, 2.45) is 0 Å². The molecule has 0 atom stereocenters. The van der Waals surface area contributed by atoms with E-state index in [-0.39, 0.29) is 0 Å². The summed E-state index contributed by atoms with van der Waals surface area (Å²) >= 11 is 0. The third-order valence-corrected chi connectivity index (χ3v) is 1.66. The molecule has 2 aromatic heterocycles. The smallest absolute Gasteiger partial charge is 0.223 e. The summed E-state index contributed by atoms with van der Waals surface area (Å²) in [6.45, 7) is 0.615. The minimum Gasteiger partial charge on any atom is -0.396 e. The first-order chi connectivity index (χ1) is 6.84. The molecule has 6 nitrogen and oxygen atoms in total. The Morgan fingerprint density at radius 3 is 2.71 bits per heavy atom. The molecule has 0 aliphatic carbocycles. The van der Waals surface area contributed by atoms with E-state index in [2.05, 4.69) is 25.3 Å². The van der Waals surface area contributed by atoms with Gasteiger partial charge in [0.2, 0.25) is 5.95 Å². The van der Waals surface area contributed by atoms with Crippen LogP contribution in [-0.2, 0) is 6.54 Å². The van der Waals surface area contributed by atoms with E-state index < -0.39 is 0 Å². The molecule has 2 heterocycles. The summed E-state index contributed by atoms with van der Waals surface area (Å²) in [7, 11) is 0. The Balaban J connectivity index is 1.95. The van der Waals surface area contributed by atoms with Crippen LogP contribution in [0.1, 0.15) is 5.69 Å². The van der Waals surface area contributed by atoms with Crippen LogP contribution in [0.2, 0.25) is 0 Å². The molecule has 6 heteroatoms. The quantitative estimate of drug-likeness (QED) is 0.651. The second kappa shape index (κ2) is 3.73. The molecule has 0 amide bonds. The molecule has 0 aromatic carbocycles. The van der Waals surface area contributed by atoms with E-state index in [0.717, 1.165) is 5.69 Å². The van der Waals surface area contributed by atoms with E-state index in [1.165, 1.54) is 0 Å². The highest BCUT2D eigenvalue weighted by atomic mass is 15.1. The summed E-state index contributed by atoms with van der Waals surface area (Å²) < 4.78 is 0. The fraction of sp³-hybridized carbons (Fsp3) is 0.125. The van der Waals surface area contributed by atoms with E-state index in [9.17, 15) is 0 Å². The average Bonchev–Trinajstić information content (AvgIpc) is 2.70. The molecule has 0 aliphatic heterocycles. The van der Waals surface area contributed by atoms with Crippen molar-refractivity contribution in [1.82, 2.24) is 19.9 Å². The van der Waals surface area contributed by atoms with Gasteiger partial charge < -0.3 is 16.0 Å². The first-order valence-corrected chi connectivity index (χ1v) is 4.13. The number of nitrogens with two attached hydrogens (primary N) is 1. The van der Waals surface area contributed by atoms with Gasteiger partial charge in [-0.05, 0) is 0 Å². The molecular formula is C8H10N6. The fourth-order valence-corrected chi connectivity index (χ4v) is 0.985. The van der Waals surface area contributed by atoms with Crippen LogP contribution in [0.25, 0.3) is 0 Å². The lowest BCUT2D eigenvalue weighted by atomic mass is 10.5. The van der Waals surface area contributed by atoms with Gasteiger partial charge in [-0.1, -0.05) is 0 Å². The number of nitrogens with zero attached hydrogens (tertiary/aromatic N) is 3. The maximum Gasteiger partial charge on any atom is 0.223 e. The lowest BCUT2D eigenvalue weighted by Crippen LogP contribution is -2.03. The molecule has 0 radical (unpaired) electrons. The van der Waals surface area contributed by atoms with Crippen LogP contribution in [0, 0.1) is 0 Å². The maximum absolute atomic E-state index is 5.45. The van der Waals surface area contributed by atoms with Crippen LogP contribution in [0.3, 0.4) is 0 Å². The molecule has 14 heavy (non-hydrogen) atoms. The summed E-state index contributed by atoms with van der Waals surface area (Å²) in [5, 5.41) is 3.03. The number of aromatic nitrogens is 4. The monoisotopic (exact) mass is 190 g/mol. The van der Waals surface area contributed by atoms with Gasteiger partial charge in [-0.2, -0.15) is 0 Å². The van der Waals surface area contributed by atoms with Gasteiger partial charge in [0.05, 0.1) is 36.6 Å². The molecule has 72 valence electrons. The Morgan fingerprint density at radius 1 is 1.29 bits per heavy atom. The van der Waals surface area contributed by atoms with Gasteiger partial charge in [-0.15, -0.1) is 0 Å². The van der Waals surface area contributed by atoms with Crippen molar-refractivity contribution in [2.45, 2.75) is 6.54 Å². The topological polar surface area (TPSA) is 92.5 Å². The van der Waals surface area contributed by atoms with Crippen LogP contribution in [0.4, 0.5) is 11.6 Å². The van der Waals surface area contributed by atoms with Crippen molar-refractivity contribution in [3.63, 3.8) is 0 Å². The Labute approximate surface area is 80.6 Å². The SMILES string of the molecule is Nc1cnc(NCc2cnc[nH]2)nc1. The maximum atomic E-state index is 5.45. The Kier molecular flexibility index (Phi) is 2.26. The largest absolute Gasteiger partial charge is 0.396 e. The number of anilines is 2. The lowest BCUT2D eigenvalue weighted by molar-refractivity contribution is 1.02. The summed E-state index contributed by atoms with van der Waals surface area (Å²) in [6.07, 6.45) is 6.48. The first kappa shape index (κ1) is 8.49. The number of hydrogen-bond acceptors (Lipinski definition) is 5. The highest BCUT2D eigenvalue weighted by Crippen LogP contribution is 2.02. The first-order valence-electron chi connectivity index (χ1n) is 4.13. The highest BCUT2D eigenvalue weighted by Gasteiger charge is 1.96. The summed E-state index contributed by atoms with van der Waals surface area (Å²) in [5.41, 5.74) is 6.98. The standard InChI is InChI=1S/C8H10N6/c9-6-1-11-8(12-2-6)13-4-7-3-10-5-14-7/h1-3,5H,4,9H2,(H,10,14)(H,11,12,13). The van der Waals surface area contributed by atoms with Gasteiger partial charge in [0.25, 0.3) is 0 Å². The molecule has 0 unspecified atom stereocenters. The molecule has 0 aliphatic rings. The summed E-state index contributed by atoms with van der Waals surface area (Å²) in [4.78, 5) is 14.8. The average molecular weight is 190 g/mol. The van der Waals surface area contributed by atoms with Crippen LogP contribution in [-0.4, -0.2) is 19.9 Å². The van der Waals surface area contributed by atoms with Crippen LogP contribution in [0.5, 0.6) is 0 Å². The van der Waals surface area contributed by atoms with E-state index in [0.29, 0.717) is 18.2 Å². The highest BCUT2D eigenvalue weighted by molar-refractivity contribution is 5.35. The number of imidazole rings is 1. The zero-order chi connectivity index (χ0) is 9.80. The second-order valence-electron chi connectivity index (χ2n) is 2.77. The fourth-order valence-electron chi connectivity index (χ4n) is 0.985. The summed E-state index contributed by atoms with van der Waals surface area (Å²) in [6, 6.07) is 0. The van der Waals surface area contributed by atoms with E-state index >= 15 is 0 Å². The van der Waals surface area contributed by atoms with E-state index in [1.807, 2.05) is 0 Å². The molecule has 0 fully saturated rings. The number of H-pyrrole nitrogens is 1. The van der Waals surface area contributed by atoms with Gasteiger partial charge in [-0.25, -0.2) is 15.0 Å². The Hall–Kier alpha value is -2.11. The van der Waals surface area contributed by atoms with E-state index in [1.54, 1.807) is 24.9 Å². The van der Waals surface area contributed by atoms with Crippen molar-refractivity contribution in [1.29, 1.82) is 0 Å². The molecule has 0 saturated carbocycles. The minimum atomic E-state index is 0.550. The zero-order valence-electron chi connectivity index (χ0n) is 7.44. The predicted molar refractivity (Wildman–Crippen MR) is 52.4 cm³/mol. The molecule has 0 bridgehead atoms. The number of aromatic amines is 1. The van der Waals surface area contributed by atoms with Crippen LogP contribution >= 0.6 is 0 Å². The van der Waals surface area contributed by atoms with Gasteiger partial charge in [0.1, 0.15) is 0 Å². The van der Waals surface area contributed by atoms with Crippen molar-refractivity contribution in [2.75, 3.05) is 11.1 Å². The van der Waals surface area contributed by atoms with Crippen molar-refractivity contribution >= 4 is 11.6 Å². The van der Waals surface area contributed by atoms with Crippen molar-refractivity contribution < 1.29 is 0 Å². The van der Waals surface area contributed by atoms with Crippen molar-refractivity contribution in [3.8, 4) is 0 Å². The molecule has 4 N–H and O–H groups in total. The van der Waals surface area contributed by atoms with Gasteiger partial charge in [0, 0.05) is 6.20 Å². The normalized spacial score (nSPS) is 10.0. The number of rotatable bonds is 3. The zero-order valence-corrected chi connectivity index (χ0v) is 7.44. The lowest BCUT2D eigenvalue weighted by Gasteiger charge is -2.01. The Morgan fingerprint density at radius 2 is 2.07 bits per heavy atom. The third kappa shape index (κ3) is 1.98. The van der Waals surface area contributed by atoms with Crippen LogP contribution in [0.15, 0.2) is 24.9 Å². The predicted octanol–water partition coefficient (Wildman–Crippen LogP) is 0.394. The molecule has 0 spiro atoms. The van der Waals surface area contributed by atoms with Crippen LogP contribution < -0.4 is 11.1 Å². The van der Waals surface area contributed by atoms with Gasteiger partial charge in [0.15, 0.2) is 0 Å². The molecule has 0 saturated heterocycles.